The van der Waals surface area contributed by atoms with Crippen LogP contribution in [0.3, 0.4) is 0 Å². The molecule has 0 unspecified atom stereocenters. The van der Waals surface area contributed by atoms with E-state index >= 15 is 0 Å². The topological polar surface area (TPSA) is 64.0 Å². The highest BCUT2D eigenvalue weighted by Crippen LogP contribution is 2.25. The number of hydrogen-bond acceptors (Lipinski definition) is 5. The lowest BCUT2D eigenvalue weighted by Crippen LogP contribution is -2.34. The highest BCUT2D eigenvalue weighted by Gasteiger charge is 2.13. The van der Waals surface area contributed by atoms with Crippen LogP contribution in [0.2, 0.25) is 0 Å². The van der Waals surface area contributed by atoms with Crippen molar-refractivity contribution >= 4 is 39.2 Å². The molecule has 1 N–H and O–H groups in total. The number of amides is 1. The number of nitrogens with one attached hydrogen (secondary N) is 1. The largest absolute Gasteiger partial charge is 0.281 e. The van der Waals surface area contributed by atoms with Gasteiger partial charge in [0.25, 0.3) is 5.56 Å². The number of benzene rings is 1. The number of rotatable bonds is 4. The minimum absolute atomic E-state index is 0.232. The SMILES string of the molecule is Cc1ccc(SCC(=O)Nn2cnc3sc(C)c(C)c3c2=O)c(C)c1. The summed E-state index contributed by atoms with van der Waals surface area (Å²) in [6, 6.07) is 6.13. The first kappa shape index (κ1) is 17.7. The van der Waals surface area contributed by atoms with Crippen LogP contribution in [0, 0.1) is 27.7 Å². The molecule has 0 atom stereocenters. The molecule has 1 aromatic carbocycles. The molecular formula is C18H19N3O2S2. The maximum atomic E-state index is 12.6. The summed E-state index contributed by atoms with van der Waals surface area (Å²) in [6.45, 7) is 7.93. The fourth-order valence-electron chi connectivity index (χ4n) is 2.59. The van der Waals surface area contributed by atoms with Gasteiger partial charge < -0.3 is 0 Å². The summed E-state index contributed by atoms with van der Waals surface area (Å²) in [6.07, 6.45) is 1.37. The number of aryl methyl sites for hydroxylation is 4. The minimum atomic E-state index is -0.239. The highest BCUT2D eigenvalue weighted by atomic mass is 32.2. The van der Waals surface area contributed by atoms with Crippen LogP contribution in [-0.2, 0) is 4.79 Å². The number of thiophene rings is 1. The van der Waals surface area contributed by atoms with Gasteiger partial charge in [-0.3, -0.25) is 15.0 Å². The second-order valence-corrected chi connectivity index (χ2v) is 8.20. The van der Waals surface area contributed by atoms with Gasteiger partial charge in [-0.15, -0.1) is 23.1 Å². The van der Waals surface area contributed by atoms with E-state index in [0.29, 0.717) is 10.2 Å². The standard InChI is InChI=1S/C18H19N3O2S2/c1-10-5-6-14(11(2)7-10)24-8-15(22)20-21-9-19-17-16(18(21)23)12(3)13(4)25-17/h5-7,9H,8H2,1-4H3,(H,20,22). The predicted octanol–water partition coefficient (Wildman–Crippen LogP) is 3.55. The summed E-state index contributed by atoms with van der Waals surface area (Å²) >= 11 is 2.94. The molecular weight excluding hydrogens is 354 g/mol. The fraction of sp³-hybridized carbons (Fsp3) is 0.278. The zero-order chi connectivity index (χ0) is 18.1. The average Bonchev–Trinajstić information content (AvgIpc) is 2.85. The molecule has 0 spiro atoms. The molecule has 0 aliphatic rings. The number of carbonyl (C=O) groups is 1. The van der Waals surface area contributed by atoms with Gasteiger partial charge in [0, 0.05) is 9.77 Å². The molecule has 5 nitrogen and oxygen atoms in total. The van der Waals surface area contributed by atoms with Crippen molar-refractivity contribution in [3.63, 3.8) is 0 Å². The van der Waals surface area contributed by atoms with Crippen LogP contribution >= 0.6 is 23.1 Å². The van der Waals surface area contributed by atoms with Gasteiger partial charge in [0.05, 0.1) is 11.1 Å². The summed E-state index contributed by atoms with van der Waals surface area (Å²) < 4.78 is 1.17. The third-order valence-corrected chi connectivity index (χ3v) is 6.32. The van der Waals surface area contributed by atoms with E-state index in [0.717, 1.165) is 20.9 Å². The van der Waals surface area contributed by atoms with Gasteiger partial charge in [0.1, 0.15) is 11.2 Å². The van der Waals surface area contributed by atoms with Crippen molar-refractivity contribution in [2.24, 2.45) is 0 Å². The number of nitrogens with zero attached hydrogens (tertiary/aromatic N) is 2. The molecule has 0 bridgehead atoms. The van der Waals surface area contributed by atoms with Crippen LogP contribution in [0.15, 0.2) is 34.2 Å². The minimum Gasteiger partial charge on any atom is -0.272 e. The second kappa shape index (κ2) is 7.01. The molecule has 0 radical (unpaired) electrons. The third kappa shape index (κ3) is 3.62. The number of carbonyl (C=O) groups excluding carboxylic acids is 1. The van der Waals surface area contributed by atoms with Crippen molar-refractivity contribution in [2.45, 2.75) is 32.6 Å². The van der Waals surface area contributed by atoms with Gasteiger partial charge in [0.15, 0.2) is 0 Å². The number of aromatic nitrogens is 2. The molecule has 2 heterocycles. The first-order chi connectivity index (χ1) is 11.9. The monoisotopic (exact) mass is 373 g/mol. The zero-order valence-corrected chi connectivity index (χ0v) is 16.2. The first-order valence-electron chi connectivity index (χ1n) is 7.84. The number of hydrogen-bond donors (Lipinski definition) is 1. The van der Waals surface area contributed by atoms with E-state index in [1.54, 1.807) is 0 Å². The molecule has 0 aliphatic heterocycles. The van der Waals surface area contributed by atoms with E-state index in [9.17, 15) is 9.59 Å². The van der Waals surface area contributed by atoms with Crippen LogP contribution in [0.5, 0.6) is 0 Å². The molecule has 3 aromatic rings. The lowest BCUT2D eigenvalue weighted by atomic mass is 10.2. The Labute approximate surface area is 154 Å². The Kier molecular flexibility index (Phi) is 4.96. The Bertz CT molecular complexity index is 1020. The van der Waals surface area contributed by atoms with E-state index in [1.807, 2.05) is 39.8 Å². The van der Waals surface area contributed by atoms with Crippen LogP contribution in [-0.4, -0.2) is 21.3 Å². The molecule has 2 aromatic heterocycles. The lowest BCUT2D eigenvalue weighted by Gasteiger charge is -2.09. The second-order valence-electron chi connectivity index (χ2n) is 5.98. The first-order valence-corrected chi connectivity index (χ1v) is 9.64. The molecule has 1 amide bonds. The van der Waals surface area contributed by atoms with Gasteiger partial charge in [-0.1, -0.05) is 17.7 Å². The van der Waals surface area contributed by atoms with Gasteiger partial charge in [-0.25, -0.2) is 9.66 Å². The molecule has 7 heteroatoms. The van der Waals surface area contributed by atoms with Crippen molar-refractivity contribution in [1.82, 2.24) is 9.66 Å². The smallest absolute Gasteiger partial charge is 0.272 e. The van der Waals surface area contributed by atoms with Crippen molar-refractivity contribution in [1.29, 1.82) is 0 Å². The van der Waals surface area contributed by atoms with Gasteiger partial charge >= 0.3 is 0 Å². The normalized spacial score (nSPS) is 11.0. The molecule has 0 saturated heterocycles. The zero-order valence-electron chi connectivity index (χ0n) is 14.5. The Morgan fingerprint density at radius 2 is 2.04 bits per heavy atom. The summed E-state index contributed by atoms with van der Waals surface area (Å²) in [5.41, 5.74) is 5.64. The van der Waals surface area contributed by atoms with E-state index in [2.05, 4.69) is 16.5 Å². The van der Waals surface area contributed by atoms with Gasteiger partial charge in [0.2, 0.25) is 5.91 Å². The van der Waals surface area contributed by atoms with Crippen LogP contribution in [0.4, 0.5) is 0 Å². The van der Waals surface area contributed by atoms with Gasteiger partial charge in [-0.2, -0.15) is 0 Å². The van der Waals surface area contributed by atoms with E-state index < -0.39 is 0 Å². The summed E-state index contributed by atoms with van der Waals surface area (Å²) in [7, 11) is 0. The average molecular weight is 374 g/mol. The lowest BCUT2D eigenvalue weighted by molar-refractivity contribution is -0.114. The number of fused-ring (bicyclic) bond motifs is 1. The van der Waals surface area contributed by atoms with Crippen LogP contribution < -0.4 is 11.0 Å². The molecule has 0 aliphatic carbocycles. The Hall–Kier alpha value is -2.12. The Balaban J connectivity index is 1.75. The van der Waals surface area contributed by atoms with E-state index in [-0.39, 0.29) is 17.2 Å². The van der Waals surface area contributed by atoms with Crippen LogP contribution in [0.1, 0.15) is 21.6 Å². The van der Waals surface area contributed by atoms with E-state index in [4.69, 9.17) is 0 Å². The summed E-state index contributed by atoms with van der Waals surface area (Å²) in [5.74, 6) is -0.00595. The van der Waals surface area contributed by atoms with E-state index in [1.165, 1.54) is 39.7 Å². The number of thioether (sulfide) groups is 1. The van der Waals surface area contributed by atoms with Crippen LogP contribution in [0.25, 0.3) is 10.2 Å². The quantitative estimate of drug-likeness (QED) is 0.710. The molecule has 25 heavy (non-hydrogen) atoms. The van der Waals surface area contributed by atoms with Crippen molar-refractivity contribution < 1.29 is 4.79 Å². The molecule has 0 saturated carbocycles. The fourth-order valence-corrected chi connectivity index (χ4v) is 4.38. The van der Waals surface area contributed by atoms with Gasteiger partial charge in [-0.05, 0) is 44.9 Å². The Morgan fingerprint density at radius 3 is 2.76 bits per heavy atom. The highest BCUT2D eigenvalue weighted by molar-refractivity contribution is 8.00. The third-order valence-electron chi connectivity index (χ3n) is 4.02. The molecule has 3 rings (SSSR count). The molecule has 0 fully saturated rings. The maximum absolute atomic E-state index is 12.6. The van der Waals surface area contributed by atoms with Crippen molar-refractivity contribution in [3.05, 3.63) is 56.4 Å². The summed E-state index contributed by atoms with van der Waals surface area (Å²) in [5, 5.41) is 0.576. The van der Waals surface area contributed by atoms with Crippen molar-refractivity contribution in [2.75, 3.05) is 11.2 Å². The predicted molar refractivity (Wildman–Crippen MR) is 104 cm³/mol. The molecule has 130 valence electrons. The Morgan fingerprint density at radius 1 is 1.28 bits per heavy atom. The van der Waals surface area contributed by atoms with Crippen molar-refractivity contribution in [3.8, 4) is 0 Å². The maximum Gasteiger partial charge on any atom is 0.281 e. The summed E-state index contributed by atoms with van der Waals surface area (Å²) in [4.78, 5) is 31.9.